The Bertz CT molecular complexity index is 3000. The van der Waals surface area contributed by atoms with E-state index in [-0.39, 0.29) is 53.7 Å². The number of nitrogens with two attached hydrogens (primary N) is 2. The van der Waals surface area contributed by atoms with Crippen LogP contribution in [0.25, 0.3) is 21.5 Å². The van der Waals surface area contributed by atoms with Gasteiger partial charge in [0.15, 0.2) is 11.9 Å². The van der Waals surface area contributed by atoms with Crippen LogP contribution in [0.2, 0.25) is 0 Å². The van der Waals surface area contributed by atoms with E-state index in [2.05, 4.69) is 63.1 Å². The summed E-state index contributed by atoms with van der Waals surface area (Å²) in [5.74, 6) is 0.186. The lowest BCUT2D eigenvalue weighted by Crippen LogP contribution is -2.60. The minimum absolute atomic E-state index is 0.0502. The summed E-state index contributed by atoms with van der Waals surface area (Å²) in [5.41, 5.74) is 14.2. The molecule has 3 fully saturated rings. The van der Waals surface area contributed by atoms with Crippen LogP contribution < -0.4 is 43.4 Å². The first-order valence-electron chi connectivity index (χ1n) is 28.7. The van der Waals surface area contributed by atoms with Gasteiger partial charge in [0, 0.05) is 74.4 Å². The third-order valence-electron chi connectivity index (χ3n) is 16.3. The fourth-order valence-electron chi connectivity index (χ4n) is 11.7. The molecule has 1 aliphatic carbocycles. The van der Waals surface area contributed by atoms with Crippen molar-refractivity contribution in [3.63, 3.8) is 0 Å². The Hall–Kier alpha value is -7.82. The number of nitrogens with zero attached hydrogens (tertiary/aromatic N) is 2. The number of rotatable bonds is 19. The molecule has 1 saturated carbocycles. The van der Waals surface area contributed by atoms with Crippen molar-refractivity contribution in [1.82, 2.24) is 41.7 Å². The van der Waals surface area contributed by atoms with Crippen LogP contribution in [0.15, 0.2) is 146 Å². The van der Waals surface area contributed by atoms with Crippen LogP contribution in [0.1, 0.15) is 110 Å². The molecule has 422 valence electrons. The van der Waals surface area contributed by atoms with Gasteiger partial charge >= 0.3 is 0 Å². The van der Waals surface area contributed by atoms with Crippen molar-refractivity contribution < 1.29 is 19.2 Å². The molecule has 2 aliphatic heterocycles. The number of guanidine groups is 2. The zero-order chi connectivity index (χ0) is 56.4. The second-order valence-corrected chi connectivity index (χ2v) is 22.0. The first-order chi connectivity index (χ1) is 38.8. The van der Waals surface area contributed by atoms with Gasteiger partial charge in [0.05, 0.1) is 12.1 Å². The summed E-state index contributed by atoms with van der Waals surface area (Å²) in [7, 11) is 0. The third-order valence-corrected chi connectivity index (χ3v) is 16.3. The Morgan fingerprint density at radius 1 is 0.625 bits per heavy atom. The maximum Gasteiger partial charge on any atom is 0.251 e. The molecule has 4 amide bonds. The smallest absolute Gasteiger partial charge is 0.251 e. The SMILES string of the molecule is CC(CN1CC[C@@H](CNC(=O)c2ccc3ccccc3c2)N[C@@H](CCCNC(=N)N)C1=O)(c1ccccc1)c1ccccc1.CCC(NC(=N)N)[C@@H]1N[C@H](CNC(=O)c2ccc3ccccc3c2)CCN(CC2CCCCC2)C1=O. The molecule has 0 radical (unpaired) electrons. The average Bonchev–Trinajstić information content (AvgIpc) is 3.73. The van der Waals surface area contributed by atoms with Crippen LogP contribution in [-0.4, -0.2) is 121 Å². The lowest BCUT2D eigenvalue weighted by Gasteiger charge is -2.37. The highest BCUT2D eigenvalue weighted by molar-refractivity contribution is 5.99. The van der Waals surface area contributed by atoms with Crippen molar-refractivity contribution in [3.05, 3.63) is 168 Å². The Balaban J connectivity index is 0.000000215. The van der Waals surface area contributed by atoms with E-state index in [0.717, 1.165) is 45.6 Å². The van der Waals surface area contributed by atoms with Crippen molar-refractivity contribution >= 4 is 57.1 Å². The van der Waals surface area contributed by atoms with Gasteiger partial charge in [0.2, 0.25) is 11.8 Å². The highest BCUT2D eigenvalue weighted by Gasteiger charge is 2.39. The second-order valence-electron chi connectivity index (χ2n) is 22.0. The van der Waals surface area contributed by atoms with E-state index >= 15 is 0 Å². The summed E-state index contributed by atoms with van der Waals surface area (Å²) in [6, 6.07) is 46.8. The van der Waals surface area contributed by atoms with E-state index in [0.29, 0.717) is 82.0 Å². The Labute approximate surface area is 471 Å². The maximum absolute atomic E-state index is 14.1. The van der Waals surface area contributed by atoms with E-state index in [1.165, 1.54) is 32.1 Å². The molecule has 3 aliphatic rings. The first-order valence-corrected chi connectivity index (χ1v) is 28.7. The van der Waals surface area contributed by atoms with Crippen LogP contribution in [0.4, 0.5) is 0 Å². The lowest BCUT2D eigenvalue weighted by molar-refractivity contribution is -0.134. The van der Waals surface area contributed by atoms with Crippen molar-refractivity contribution in [2.24, 2.45) is 17.4 Å². The van der Waals surface area contributed by atoms with Crippen molar-refractivity contribution in [2.75, 3.05) is 45.8 Å². The van der Waals surface area contributed by atoms with Gasteiger partial charge in [-0.2, -0.15) is 0 Å². The van der Waals surface area contributed by atoms with Crippen LogP contribution in [0, 0.1) is 16.7 Å². The van der Waals surface area contributed by atoms with Gasteiger partial charge in [-0.3, -0.25) is 35.3 Å². The molecule has 0 bridgehead atoms. The van der Waals surface area contributed by atoms with Crippen LogP contribution in [0.3, 0.4) is 0 Å². The number of amides is 4. The number of carbonyl (C=O) groups is 4. The third kappa shape index (κ3) is 15.7. The number of hydrogen-bond acceptors (Lipinski definition) is 8. The highest BCUT2D eigenvalue weighted by atomic mass is 16.2. The minimum atomic E-state index is -0.507. The Morgan fingerprint density at radius 3 is 1.66 bits per heavy atom. The van der Waals surface area contributed by atoms with Crippen LogP contribution in [-0.2, 0) is 15.0 Å². The Morgan fingerprint density at radius 2 is 1.14 bits per heavy atom. The molecule has 2 saturated heterocycles. The number of carbonyl (C=O) groups excluding carboxylic acids is 4. The van der Waals surface area contributed by atoms with Gasteiger partial charge in [0.25, 0.3) is 11.8 Å². The molecule has 9 rings (SSSR count). The standard InChI is InChI=1S/C36H42N6O2.C28H40N6O2/c1-36(29-13-4-2-5-14-29,30-15-6-3-7-16-30)25-42-22-20-31(41-32(34(42)44)17-10-21-39-35(37)38)24-40-33(43)28-19-18-26-11-8-9-12-27(26)23-28;1-2-24(33-28(29)30)25-27(36)34(18-19-8-4-3-5-9-19)15-14-23(32-25)17-31-26(35)22-13-12-20-10-6-7-11-21(20)16-22/h2-9,11-16,18-19,23,31-32,41H,10,17,20-22,24-25H2,1H3,(H,40,43)(H4,37,38,39);6-7,10-13,16,19,23-25,32H,2-5,8-9,14-15,17-18H2,1H3,(H,31,35)(H4,29,30,33)/t31-,32-;23-,24?,25-/m00/s1. The Kier molecular flexibility index (Phi) is 20.7. The summed E-state index contributed by atoms with van der Waals surface area (Å²) in [4.78, 5) is 57.9. The van der Waals surface area contributed by atoms with Gasteiger partial charge in [0.1, 0.15) is 6.04 Å². The second kappa shape index (κ2) is 28.4. The molecule has 6 aromatic rings. The maximum atomic E-state index is 14.1. The fraction of sp³-hybridized carbons (Fsp3) is 0.406. The average molecular weight is 1080 g/mol. The summed E-state index contributed by atoms with van der Waals surface area (Å²) >= 11 is 0. The molecular formula is C64H82N12O4. The van der Waals surface area contributed by atoms with Gasteiger partial charge in [-0.1, -0.05) is 148 Å². The largest absolute Gasteiger partial charge is 0.370 e. The fourth-order valence-corrected chi connectivity index (χ4v) is 11.7. The molecule has 6 aromatic carbocycles. The predicted octanol–water partition coefficient (Wildman–Crippen LogP) is 7.37. The molecule has 12 N–H and O–H groups in total. The molecule has 80 heavy (non-hydrogen) atoms. The van der Waals surface area contributed by atoms with Gasteiger partial charge in [-0.15, -0.1) is 0 Å². The van der Waals surface area contributed by atoms with E-state index < -0.39 is 17.5 Å². The number of benzene rings is 6. The van der Waals surface area contributed by atoms with Crippen molar-refractivity contribution in [3.8, 4) is 0 Å². The number of nitrogens with one attached hydrogen (secondary N) is 8. The van der Waals surface area contributed by atoms with Gasteiger partial charge in [-0.25, -0.2) is 0 Å². The molecule has 0 spiro atoms. The molecule has 0 aromatic heterocycles. The molecule has 1 unspecified atom stereocenters. The lowest BCUT2D eigenvalue weighted by atomic mass is 9.75. The van der Waals surface area contributed by atoms with E-state index in [1.807, 2.05) is 138 Å². The van der Waals surface area contributed by atoms with Gasteiger partial charge in [-0.05, 0) is 115 Å². The van der Waals surface area contributed by atoms with Crippen LogP contribution in [0.5, 0.6) is 0 Å². The van der Waals surface area contributed by atoms with Crippen LogP contribution >= 0.6 is 0 Å². The minimum Gasteiger partial charge on any atom is -0.370 e. The zero-order valence-corrected chi connectivity index (χ0v) is 46.5. The predicted molar refractivity (Wildman–Crippen MR) is 321 cm³/mol. The highest BCUT2D eigenvalue weighted by Crippen LogP contribution is 2.34. The van der Waals surface area contributed by atoms with Crippen molar-refractivity contribution in [1.29, 1.82) is 10.8 Å². The summed E-state index contributed by atoms with van der Waals surface area (Å²) in [6.45, 7) is 8.07. The van der Waals surface area contributed by atoms with E-state index in [4.69, 9.17) is 22.3 Å². The summed E-state index contributed by atoms with van der Waals surface area (Å²) in [6.07, 6.45) is 9.47. The quantitative estimate of drug-likeness (QED) is 0.0219. The van der Waals surface area contributed by atoms with E-state index in [1.54, 1.807) is 0 Å². The molecule has 2 heterocycles. The molecule has 5 atom stereocenters. The number of hydrogen-bond donors (Lipinski definition) is 10. The van der Waals surface area contributed by atoms with Crippen molar-refractivity contribution in [2.45, 2.75) is 114 Å². The molecule has 16 nitrogen and oxygen atoms in total. The molecular weight excluding hydrogens is 1000 g/mol. The van der Waals surface area contributed by atoms with E-state index in [9.17, 15) is 19.2 Å². The normalized spacial score (nSPS) is 19.4. The van der Waals surface area contributed by atoms with Gasteiger partial charge < -0.3 is 47.9 Å². The monoisotopic (exact) mass is 1080 g/mol. The number of fused-ring (bicyclic) bond motifs is 2. The summed E-state index contributed by atoms with van der Waals surface area (Å²) < 4.78 is 0. The topological polar surface area (TPSA) is 247 Å². The zero-order valence-electron chi connectivity index (χ0n) is 46.5. The molecule has 16 heteroatoms. The first kappa shape index (κ1) is 58.3. The summed E-state index contributed by atoms with van der Waals surface area (Å²) in [5, 5.41) is 38.5.